The molecule has 0 radical (unpaired) electrons. The molecule has 13 heavy (non-hydrogen) atoms. The number of thioether (sulfide) groups is 1. The number of nitrogens with two attached hydrogens (primary N) is 2. The maximum Gasteiger partial charge on any atom is 0.307 e. The SMILES string of the molecule is NC(=[NH2+])Sc1nc(C2CC2)ns1.[Cl-]. The Hall–Kier alpha value is -0.330. The summed E-state index contributed by atoms with van der Waals surface area (Å²) in [5.74, 6) is 1.57. The van der Waals surface area contributed by atoms with E-state index in [-0.39, 0.29) is 12.4 Å². The summed E-state index contributed by atoms with van der Waals surface area (Å²) in [4.78, 5) is 4.30. The van der Waals surface area contributed by atoms with E-state index in [1.807, 2.05) is 0 Å². The average molecular weight is 237 g/mol. The van der Waals surface area contributed by atoms with Gasteiger partial charge in [-0.15, -0.1) is 0 Å². The number of halogens is 1. The van der Waals surface area contributed by atoms with Crippen LogP contribution in [-0.2, 0) is 0 Å². The molecule has 0 atom stereocenters. The molecule has 7 heteroatoms. The molecular weight excluding hydrogens is 228 g/mol. The van der Waals surface area contributed by atoms with E-state index in [4.69, 9.17) is 11.1 Å². The Morgan fingerprint density at radius 2 is 2.31 bits per heavy atom. The van der Waals surface area contributed by atoms with Gasteiger partial charge in [-0.25, -0.2) is 4.98 Å². The lowest BCUT2D eigenvalue weighted by molar-refractivity contribution is -0.110. The van der Waals surface area contributed by atoms with Gasteiger partial charge in [-0.3, -0.25) is 11.1 Å². The first kappa shape index (κ1) is 10.7. The Kier molecular flexibility index (Phi) is 3.52. The summed E-state index contributed by atoms with van der Waals surface area (Å²) in [5.41, 5.74) is 5.32. The fraction of sp³-hybridized carbons (Fsp3) is 0.500. The first-order valence-electron chi connectivity index (χ1n) is 3.65. The highest BCUT2D eigenvalue weighted by Gasteiger charge is 2.28. The summed E-state index contributed by atoms with van der Waals surface area (Å²) in [7, 11) is 0. The number of rotatable bonds is 2. The van der Waals surface area contributed by atoms with Gasteiger partial charge < -0.3 is 12.4 Å². The van der Waals surface area contributed by atoms with Crippen LogP contribution in [0.4, 0.5) is 0 Å². The van der Waals surface area contributed by atoms with Crippen molar-refractivity contribution in [3.05, 3.63) is 5.82 Å². The Morgan fingerprint density at radius 3 is 2.85 bits per heavy atom. The summed E-state index contributed by atoms with van der Waals surface area (Å²) in [6.45, 7) is 0. The van der Waals surface area contributed by atoms with Crippen molar-refractivity contribution in [1.29, 1.82) is 0 Å². The third kappa shape index (κ3) is 2.82. The fourth-order valence-electron chi connectivity index (χ4n) is 0.870. The van der Waals surface area contributed by atoms with Gasteiger partial charge in [0.05, 0.1) is 0 Å². The van der Waals surface area contributed by atoms with Gasteiger partial charge in [0.25, 0.3) is 0 Å². The van der Waals surface area contributed by atoms with Crippen LogP contribution in [0.2, 0.25) is 0 Å². The topological polar surface area (TPSA) is 77.4 Å². The number of hydrogen-bond acceptors (Lipinski definition) is 4. The predicted molar refractivity (Wildman–Crippen MR) is 48.9 cm³/mol. The van der Waals surface area contributed by atoms with Crippen LogP contribution in [0, 0.1) is 0 Å². The van der Waals surface area contributed by atoms with Gasteiger partial charge in [0.1, 0.15) is 5.82 Å². The number of aromatic nitrogens is 2. The smallest absolute Gasteiger partial charge is 0.307 e. The van der Waals surface area contributed by atoms with Crippen molar-refractivity contribution in [1.82, 2.24) is 9.36 Å². The highest BCUT2D eigenvalue weighted by molar-refractivity contribution is 8.14. The van der Waals surface area contributed by atoms with Crippen molar-refractivity contribution < 1.29 is 17.8 Å². The molecule has 0 amide bonds. The second kappa shape index (κ2) is 4.26. The largest absolute Gasteiger partial charge is 1.00 e. The molecule has 0 saturated heterocycles. The molecule has 1 heterocycles. The van der Waals surface area contributed by atoms with Crippen LogP contribution in [-0.4, -0.2) is 14.5 Å². The van der Waals surface area contributed by atoms with Crippen LogP contribution in [0.25, 0.3) is 0 Å². The predicted octanol–water partition coefficient (Wildman–Crippen LogP) is -3.41. The first-order valence-corrected chi connectivity index (χ1v) is 5.24. The molecule has 0 aliphatic heterocycles. The molecule has 0 bridgehead atoms. The van der Waals surface area contributed by atoms with Crippen LogP contribution in [0.3, 0.4) is 0 Å². The molecule has 1 aliphatic rings. The van der Waals surface area contributed by atoms with E-state index in [2.05, 4.69) is 9.36 Å². The Balaban J connectivity index is 0.000000845. The summed E-state index contributed by atoms with van der Waals surface area (Å²) < 4.78 is 5.06. The monoisotopic (exact) mass is 236 g/mol. The molecule has 4 N–H and O–H groups in total. The number of hydrogen-bond donors (Lipinski definition) is 2. The van der Waals surface area contributed by atoms with Gasteiger partial charge >= 0.3 is 5.17 Å². The molecule has 1 saturated carbocycles. The van der Waals surface area contributed by atoms with Gasteiger partial charge in [0.2, 0.25) is 0 Å². The highest BCUT2D eigenvalue weighted by Crippen LogP contribution is 2.39. The van der Waals surface area contributed by atoms with Crippen LogP contribution in [0.1, 0.15) is 24.6 Å². The quantitative estimate of drug-likeness (QED) is 0.319. The van der Waals surface area contributed by atoms with Crippen LogP contribution < -0.4 is 23.5 Å². The lowest BCUT2D eigenvalue weighted by Gasteiger charge is -1.84. The van der Waals surface area contributed by atoms with E-state index in [9.17, 15) is 0 Å². The zero-order valence-electron chi connectivity index (χ0n) is 6.74. The lowest BCUT2D eigenvalue weighted by Crippen LogP contribution is -3.00. The van der Waals surface area contributed by atoms with Crippen molar-refractivity contribution in [2.75, 3.05) is 0 Å². The molecule has 0 aromatic carbocycles. The zero-order valence-corrected chi connectivity index (χ0v) is 9.12. The average Bonchev–Trinajstić information content (AvgIpc) is 2.73. The number of nitrogens with zero attached hydrogens (tertiary/aromatic N) is 2. The Morgan fingerprint density at radius 1 is 1.62 bits per heavy atom. The van der Waals surface area contributed by atoms with Gasteiger partial charge in [-0.05, 0) is 24.4 Å². The van der Waals surface area contributed by atoms with E-state index in [0.717, 1.165) is 10.2 Å². The van der Waals surface area contributed by atoms with E-state index in [1.165, 1.54) is 36.1 Å². The summed E-state index contributed by atoms with van der Waals surface area (Å²) in [5, 5.41) is 5.65. The molecule has 0 spiro atoms. The minimum atomic E-state index is 0. The van der Waals surface area contributed by atoms with Crippen molar-refractivity contribution >= 4 is 28.5 Å². The second-order valence-corrected chi connectivity index (χ2v) is 4.77. The van der Waals surface area contributed by atoms with Crippen molar-refractivity contribution in [2.45, 2.75) is 23.1 Å². The van der Waals surface area contributed by atoms with E-state index in [1.54, 1.807) is 0 Å². The summed E-state index contributed by atoms with van der Waals surface area (Å²) in [6, 6.07) is 0. The molecule has 72 valence electrons. The zero-order chi connectivity index (χ0) is 8.55. The third-order valence-corrected chi connectivity index (χ3v) is 3.07. The maximum absolute atomic E-state index is 5.32. The Labute approximate surface area is 90.4 Å². The standard InChI is InChI=1S/C6H8N4S2.ClH/c7-5(8)11-6-9-4(10-12-6)3-1-2-3;/h3H,1-2H2,(H3,7,8);1H. The highest BCUT2D eigenvalue weighted by atomic mass is 35.5. The van der Waals surface area contributed by atoms with Crippen LogP contribution in [0.5, 0.6) is 0 Å². The van der Waals surface area contributed by atoms with Crippen LogP contribution in [0.15, 0.2) is 4.34 Å². The minimum Gasteiger partial charge on any atom is -1.00 e. The van der Waals surface area contributed by atoms with E-state index < -0.39 is 0 Å². The third-order valence-electron chi connectivity index (χ3n) is 1.57. The molecule has 2 rings (SSSR count). The molecule has 1 aromatic rings. The lowest BCUT2D eigenvalue weighted by atomic mass is 10.4. The normalized spacial score (nSPS) is 15.1. The molecule has 1 aliphatic carbocycles. The van der Waals surface area contributed by atoms with E-state index in [0.29, 0.717) is 11.1 Å². The van der Waals surface area contributed by atoms with Gasteiger partial charge in [-0.1, -0.05) is 0 Å². The van der Waals surface area contributed by atoms with E-state index >= 15 is 0 Å². The maximum atomic E-state index is 5.32. The minimum absolute atomic E-state index is 0. The molecule has 0 unspecified atom stereocenters. The molecule has 1 aromatic heterocycles. The second-order valence-electron chi connectivity index (χ2n) is 2.70. The van der Waals surface area contributed by atoms with Crippen LogP contribution >= 0.6 is 23.3 Å². The van der Waals surface area contributed by atoms with Gasteiger partial charge in [0, 0.05) is 17.7 Å². The van der Waals surface area contributed by atoms with Gasteiger partial charge in [-0.2, -0.15) is 4.37 Å². The summed E-state index contributed by atoms with van der Waals surface area (Å²) in [6.07, 6.45) is 2.45. The molecular formula is C6H9ClN4S2. The first-order chi connectivity index (χ1) is 5.75. The van der Waals surface area contributed by atoms with Crippen molar-refractivity contribution in [2.24, 2.45) is 5.73 Å². The number of amidine groups is 1. The Bertz CT molecular complexity index is 309. The van der Waals surface area contributed by atoms with Gasteiger partial charge in [0.15, 0.2) is 4.34 Å². The molecule has 4 nitrogen and oxygen atoms in total. The summed E-state index contributed by atoms with van der Waals surface area (Å²) >= 11 is 2.65. The molecule has 1 fully saturated rings. The van der Waals surface area contributed by atoms with Crippen molar-refractivity contribution in [3.8, 4) is 0 Å². The van der Waals surface area contributed by atoms with Crippen molar-refractivity contribution in [3.63, 3.8) is 0 Å². The fourth-order valence-corrected chi connectivity index (χ4v) is 2.26.